The van der Waals surface area contributed by atoms with E-state index in [2.05, 4.69) is 12.2 Å². The number of nitrogen functional groups attached to an aromatic ring is 1. The van der Waals surface area contributed by atoms with Gasteiger partial charge in [0.25, 0.3) is 0 Å². The van der Waals surface area contributed by atoms with Crippen molar-refractivity contribution in [3.8, 4) is 0 Å². The van der Waals surface area contributed by atoms with Crippen LogP contribution in [-0.2, 0) is 6.42 Å². The molecule has 0 unspecified atom stereocenters. The third-order valence-electron chi connectivity index (χ3n) is 3.28. The molecule has 0 bridgehead atoms. The number of nitrogens with one attached hydrogen (secondary N) is 1. The number of benzene rings is 1. The molecule has 1 aromatic rings. The summed E-state index contributed by atoms with van der Waals surface area (Å²) in [6, 6.07) is 4.44. The van der Waals surface area contributed by atoms with E-state index in [1.165, 1.54) is 31.2 Å². The first-order valence-electron chi connectivity index (χ1n) is 6.05. The quantitative estimate of drug-likeness (QED) is 0.786. The zero-order valence-electron chi connectivity index (χ0n) is 9.72. The van der Waals surface area contributed by atoms with E-state index in [1.807, 2.05) is 12.1 Å². The van der Waals surface area contributed by atoms with Crippen molar-refractivity contribution in [3.05, 3.63) is 22.7 Å². The van der Waals surface area contributed by atoms with Gasteiger partial charge in [-0.2, -0.15) is 0 Å². The fraction of sp³-hybridized carbons (Fsp3) is 0.538. The number of halogens is 1. The summed E-state index contributed by atoms with van der Waals surface area (Å²) in [6.45, 7) is 2.13. The zero-order valence-corrected chi connectivity index (χ0v) is 10.5. The molecule has 3 N–H and O–H groups in total. The summed E-state index contributed by atoms with van der Waals surface area (Å²) in [7, 11) is 0. The molecule has 1 aliphatic carbocycles. The summed E-state index contributed by atoms with van der Waals surface area (Å²) in [5.74, 6) is 0. The Kier molecular flexibility index (Phi) is 3.59. The molecule has 0 aliphatic heterocycles. The Labute approximate surface area is 102 Å². The maximum atomic E-state index is 6.25. The molecule has 0 heterocycles. The predicted octanol–water partition coefficient (Wildman–Crippen LogP) is 3.84. The number of anilines is 2. The molecule has 0 aromatic heterocycles. The predicted molar refractivity (Wildman–Crippen MR) is 71.1 cm³/mol. The van der Waals surface area contributed by atoms with Gasteiger partial charge in [-0.3, -0.25) is 0 Å². The van der Waals surface area contributed by atoms with Crippen molar-refractivity contribution in [2.45, 2.75) is 45.1 Å². The fourth-order valence-corrected chi connectivity index (χ4v) is 2.70. The summed E-state index contributed by atoms with van der Waals surface area (Å²) < 4.78 is 0. The van der Waals surface area contributed by atoms with E-state index < -0.39 is 0 Å². The SMILES string of the molecule is CCc1cc(N)cc(Cl)c1NC1CCCC1. The van der Waals surface area contributed by atoms with Crippen molar-refractivity contribution in [1.29, 1.82) is 0 Å². The molecule has 0 radical (unpaired) electrons. The maximum absolute atomic E-state index is 6.25. The van der Waals surface area contributed by atoms with E-state index in [9.17, 15) is 0 Å². The first-order valence-corrected chi connectivity index (χ1v) is 6.43. The Morgan fingerprint density at radius 3 is 2.69 bits per heavy atom. The third-order valence-corrected chi connectivity index (χ3v) is 3.58. The summed E-state index contributed by atoms with van der Waals surface area (Å²) in [5, 5.41) is 4.32. The zero-order chi connectivity index (χ0) is 11.5. The van der Waals surface area contributed by atoms with Crippen LogP contribution in [0.2, 0.25) is 5.02 Å². The lowest BCUT2D eigenvalue weighted by Gasteiger charge is -2.18. The second-order valence-corrected chi connectivity index (χ2v) is 4.92. The van der Waals surface area contributed by atoms with Crippen molar-refractivity contribution in [2.24, 2.45) is 0 Å². The number of hydrogen-bond acceptors (Lipinski definition) is 2. The van der Waals surface area contributed by atoms with Crippen molar-refractivity contribution in [2.75, 3.05) is 11.1 Å². The molecule has 2 rings (SSSR count). The Bertz CT molecular complexity index is 370. The first kappa shape index (κ1) is 11.6. The molecular weight excluding hydrogens is 220 g/mol. The topological polar surface area (TPSA) is 38.0 Å². The third kappa shape index (κ3) is 2.43. The Balaban J connectivity index is 2.23. The molecule has 0 amide bonds. The highest BCUT2D eigenvalue weighted by Gasteiger charge is 2.17. The molecule has 2 nitrogen and oxygen atoms in total. The van der Waals surface area contributed by atoms with E-state index in [0.717, 1.165) is 22.8 Å². The van der Waals surface area contributed by atoms with E-state index in [0.29, 0.717) is 6.04 Å². The van der Waals surface area contributed by atoms with Crippen LogP contribution in [0.4, 0.5) is 11.4 Å². The van der Waals surface area contributed by atoms with Gasteiger partial charge in [0.15, 0.2) is 0 Å². The summed E-state index contributed by atoms with van der Waals surface area (Å²) >= 11 is 6.25. The van der Waals surface area contributed by atoms with Crippen LogP contribution in [0.1, 0.15) is 38.2 Å². The van der Waals surface area contributed by atoms with Crippen LogP contribution in [0.15, 0.2) is 12.1 Å². The van der Waals surface area contributed by atoms with Crippen LogP contribution < -0.4 is 11.1 Å². The monoisotopic (exact) mass is 238 g/mol. The lowest BCUT2D eigenvalue weighted by atomic mass is 10.1. The minimum Gasteiger partial charge on any atom is -0.399 e. The van der Waals surface area contributed by atoms with Crippen LogP contribution in [0.25, 0.3) is 0 Å². The van der Waals surface area contributed by atoms with Gasteiger partial charge in [-0.05, 0) is 37.0 Å². The largest absolute Gasteiger partial charge is 0.399 e. The van der Waals surface area contributed by atoms with Crippen molar-refractivity contribution < 1.29 is 0 Å². The minimum absolute atomic E-state index is 0.589. The normalized spacial score (nSPS) is 16.6. The number of hydrogen-bond donors (Lipinski definition) is 2. The molecule has 0 atom stereocenters. The fourth-order valence-electron chi connectivity index (χ4n) is 2.40. The van der Waals surface area contributed by atoms with E-state index in [1.54, 1.807) is 0 Å². The van der Waals surface area contributed by atoms with Gasteiger partial charge >= 0.3 is 0 Å². The molecular formula is C13H19ClN2. The van der Waals surface area contributed by atoms with Crippen LogP contribution in [0, 0.1) is 0 Å². The van der Waals surface area contributed by atoms with Gasteiger partial charge in [-0.1, -0.05) is 31.4 Å². The van der Waals surface area contributed by atoms with Gasteiger partial charge in [0.05, 0.1) is 10.7 Å². The van der Waals surface area contributed by atoms with Crippen LogP contribution in [0.3, 0.4) is 0 Å². The van der Waals surface area contributed by atoms with Gasteiger partial charge < -0.3 is 11.1 Å². The number of rotatable bonds is 3. The van der Waals surface area contributed by atoms with Gasteiger partial charge in [-0.15, -0.1) is 0 Å². The standard InChI is InChI=1S/C13H19ClN2/c1-2-9-7-10(15)8-12(14)13(9)16-11-5-3-4-6-11/h7-8,11,16H,2-6,15H2,1H3. The molecule has 0 spiro atoms. The average molecular weight is 239 g/mol. The number of aryl methyl sites for hydroxylation is 1. The highest BCUT2D eigenvalue weighted by Crippen LogP contribution is 2.32. The van der Waals surface area contributed by atoms with Gasteiger partial charge in [0.1, 0.15) is 0 Å². The summed E-state index contributed by atoms with van der Waals surface area (Å²) in [6.07, 6.45) is 6.12. The highest BCUT2D eigenvalue weighted by atomic mass is 35.5. The second-order valence-electron chi connectivity index (χ2n) is 4.52. The Morgan fingerprint density at radius 2 is 2.06 bits per heavy atom. The lowest BCUT2D eigenvalue weighted by Crippen LogP contribution is -2.16. The van der Waals surface area contributed by atoms with Crippen LogP contribution >= 0.6 is 11.6 Å². The van der Waals surface area contributed by atoms with E-state index in [-0.39, 0.29) is 0 Å². The lowest BCUT2D eigenvalue weighted by molar-refractivity contribution is 0.753. The first-order chi connectivity index (χ1) is 7.70. The molecule has 16 heavy (non-hydrogen) atoms. The molecule has 0 saturated heterocycles. The summed E-state index contributed by atoms with van der Waals surface area (Å²) in [5.41, 5.74) is 8.86. The molecule has 3 heteroatoms. The van der Waals surface area contributed by atoms with Crippen LogP contribution in [-0.4, -0.2) is 6.04 Å². The van der Waals surface area contributed by atoms with Crippen molar-refractivity contribution >= 4 is 23.0 Å². The van der Waals surface area contributed by atoms with Gasteiger partial charge in [0.2, 0.25) is 0 Å². The smallest absolute Gasteiger partial charge is 0.0660 e. The maximum Gasteiger partial charge on any atom is 0.0660 e. The second kappa shape index (κ2) is 4.96. The van der Waals surface area contributed by atoms with Crippen LogP contribution in [0.5, 0.6) is 0 Å². The Morgan fingerprint density at radius 1 is 1.38 bits per heavy atom. The summed E-state index contributed by atoms with van der Waals surface area (Å²) in [4.78, 5) is 0. The molecule has 1 aliphatic rings. The van der Waals surface area contributed by atoms with Crippen molar-refractivity contribution in [1.82, 2.24) is 0 Å². The van der Waals surface area contributed by atoms with E-state index in [4.69, 9.17) is 17.3 Å². The van der Waals surface area contributed by atoms with Crippen molar-refractivity contribution in [3.63, 3.8) is 0 Å². The van der Waals surface area contributed by atoms with Gasteiger partial charge in [0, 0.05) is 11.7 Å². The highest BCUT2D eigenvalue weighted by molar-refractivity contribution is 6.33. The van der Waals surface area contributed by atoms with E-state index >= 15 is 0 Å². The molecule has 88 valence electrons. The minimum atomic E-state index is 0.589. The molecule has 1 saturated carbocycles. The molecule has 1 fully saturated rings. The average Bonchev–Trinajstić information content (AvgIpc) is 2.74. The number of nitrogens with two attached hydrogens (primary N) is 1. The van der Waals surface area contributed by atoms with Gasteiger partial charge in [-0.25, -0.2) is 0 Å². The Hall–Kier alpha value is -0.890. The molecule has 1 aromatic carbocycles.